The van der Waals surface area contributed by atoms with Crippen LogP contribution in [0.5, 0.6) is 0 Å². The topological polar surface area (TPSA) is 9.23 Å². The number of rotatable bonds is 6. The Morgan fingerprint density at radius 1 is 0.913 bits per heavy atom. The van der Waals surface area contributed by atoms with Gasteiger partial charge in [-0.2, -0.15) is 0 Å². The average molecular weight is 318 g/mol. The predicted molar refractivity (Wildman–Crippen MR) is 103 cm³/mol. The van der Waals surface area contributed by atoms with Crippen molar-refractivity contribution in [3.63, 3.8) is 0 Å². The van der Waals surface area contributed by atoms with E-state index in [-0.39, 0.29) is 5.04 Å². The molecule has 0 amide bonds. The van der Waals surface area contributed by atoms with E-state index >= 15 is 0 Å². The van der Waals surface area contributed by atoms with Crippen molar-refractivity contribution in [1.82, 2.24) is 0 Å². The van der Waals surface area contributed by atoms with E-state index in [1.54, 1.807) is 0 Å². The first-order valence-corrected chi connectivity index (χ1v) is 10.6. The molecule has 2 aromatic rings. The minimum absolute atomic E-state index is 0.0726. The van der Waals surface area contributed by atoms with Crippen molar-refractivity contribution >= 4 is 36.4 Å². The van der Waals surface area contributed by atoms with Crippen molar-refractivity contribution in [2.24, 2.45) is 5.92 Å². The second-order valence-corrected chi connectivity index (χ2v) is 11.8. The van der Waals surface area contributed by atoms with Gasteiger partial charge in [-0.3, -0.25) is 0 Å². The van der Waals surface area contributed by atoms with Crippen LogP contribution in [0.3, 0.4) is 0 Å². The Hall–Kier alpha value is -0.786. The normalized spacial score (nSPS) is 13.8. The Balaban J connectivity index is 2.60. The Kier molecular flexibility index (Phi) is 6.34. The Labute approximate surface area is 151 Å². The Morgan fingerprint density at radius 2 is 1.35 bits per heavy atom. The summed E-state index contributed by atoms with van der Waals surface area (Å²) in [7, 11) is -2.33. The van der Waals surface area contributed by atoms with Crippen LogP contribution in [0.4, 0.5) is 0 Å². The van der Waals surface area contributed by atoms with Crippen LogP contribution in [0.15, 0.2) is 60.7 Å². The van der Waals surface area contributed by atoms with Crippen LogP contribution in [0, 0.1) is 5.92 Å². The molecule has 0 radical (unpaired) electrons. The quantitative estimate of drug-likeness (QED) is 0.737. The molecule has 0 spiro atoms. The number of hydrogen-bond acceptors (Lipinski definition) is 1. The van der Waals surface area contributed by atoms with E-state index in [2.05, 4.69) is 106 Å². The van der Waals surface area contributed by atoms with Gasteiger partial charge in [0.05, 0.1) is 0 Å². The monoisotopic (exact) mass is 318 g/mol. The van der Waals surface area contributed by atoms with E-state index in [9.17, 15) is 0 Å². The molecule has 2 rings (SSSR count). The van der Waals surface area contributed by atoms with Gasteiger partial charge < -0.3 is 0 Å². The number of hydrogen-bond donors (Lipinski definition) is 0. The van der Waals surface area contributed by atoms with Crippen LogP contribution in [0.2, 0.25) is 10.1 Å². The molecule has 0 N–H and O–H groups in total. The molecular formula is C20H27LiOSi. The van der Waals surface area contributed by atoms with E-state index in [4.69, 9.17) is 4.43 Å². The summed E-state index contributed by atoms with van der Waals surface area (Å²) in [5.74, 6) is 0.580. The van der Waals surface area contributed by atoms with Crippen molar-refractivity contribution < 1.29 is 4.43 Å². The fraction of sp³-hybridized carbons (Fsp3) is 0.400. The van der Waals surface area contributed by atoms with Crippen molar-refractivity contribution in [3.05, 3.63) is 60.7 Å². The molecule has 3 heteroatoms. The molecule has 2 aromatic carbocycles. The summed E-state index contributed by atoms with van der Waals surface area (Å²) >= 11 is 2.24. The first kappa shape index (κ1) is 18.6. The van der Waals surface area contributed by atoms with Crippen molar-refractivity contribution in [1.29, 1.82) is 0 Å². The molecule has 0 aliphatic heterocycles. The van der Waals surface area contributed by atoms with Crippen molar-refractivity contribution in [2.45, 2.75) is 37.8 Å². The fourth-order valence-electron chi connectivity index (χ4n) is 3.15. The average Bonchev–Trinajstić information content (AvgIpc) is 2.56. The van der Waals surface area contributed by atoms with Gasteiger partial charge in [0.25, 0.3) is 0 Å². The van der Waals surface area contributed by atoms with Gasteiger partial charge in [0.2, 0.25) is 0 Å². The number of benzene rings is 2. The third-order valence-electron chi connectivity index (χ3n) is 4.70. The van der Waals surface area contributed by atoms with Gasteiger partial charge in [0.1, 0.15) is 0 Å². The molecule has 0 aromatic heterocycles. The standard InChI is InChI=1S/C20H27OSi.Li/c1-17(2)16-21-22(20(3,4)5,18-12-8-6-9-13-18)19-14-10-7-11-15-19;/h6-15,17H,1,16H2,2-5H3;. The van der Waals surface area contributed by atoms with Gasteiger partial charge >= 0.3 is 152 Å². The molecule has 0 saturated carbocycles. The Bertz CT molecular complexity index is 553. The predicted octanol–water partition coefficient (Wildman–Crippen LogP) is 3.79. The molecule has 0 saturated heterocycles. The van der Waals surface area contributed by atoms with Crippen LogP contribution in [0.25, 0.3) is 0 Å². The first-order chi connectivity index (χ1) is 10.9. The van der Waals surface area contributed by atoms with Gasteiger partial charge in [0, 0.05) is 0 Å². The van der Waals surface area contributed by atoms with Crippen LogP contribution >= 0.6 is 0 Å². The fourth-order valence-corrected chi connectivity index (χ4v) is 7.84. The van der Waals surface area contributed by atoms with E-state index in [0.717, 1.165) is 11.7 Å². The Morgan fingerprint density at radius 3 is 1.70 bits per heavy atom. The van der Waals surface area contributed by atoms with E-state index in [1.807, 2.05) is 0 Å². The molecule has 1 unspecified atom stereocenters. The van der Waals surface area contributed by atoms with Gasteiger partial charge in [-0.15, -0.1) is 0 Å². The van der Waals surface area contributed by atoms with Crippen molar-refractivity contribution in [2.75, 3.05) is 6.61 Å². The van der Waals surface area contributed by atoms with Crippen LogP contribution in [-0.4, -0.2) is 32.6 Å². The molecule has 0 bridgehead atoms. The molecule has 0 aliphatic carbocycles. The van der Waals surface area contributed by atoms with E-state index in [1.165, 1.54) is 10.4 Å². The molecule has 0 aliphatic rings. The summed E-state index contributed by atoms with van der Waals surface area (Å²) in [5, 5.41) is 3.95. The maximum atomic E-state index is 6.86. The van der Waals surface area contributed by atoms with Gasteiger partial charge in [0.15, 0.2) is 0 Å². The van der Waals surface area contributed by atoms with Crippen LogP contribution in [0.1, 0.15) is 27.7 Å². The molecule has 118 valence electrons. The molecule has 1 atom stereocenters. The third kappa shape index (κ3) is 4.01. The zero-order valence-electron chi connectivity index (χ0n) is 15.2. The van der Waals surface area contributed by atoms with Gasteiger partial charge in [-0.25, -0.2) is 0 Å². The molecule has 23 heavy (non-hydrogen) atoms. The first-order valence-electron chi connectivity index (χ1n) is 8.67. The van der Waals surface area contributed by atoms with Crippen molar-refractivity contribution in [3.8, 4) is 0 Å². The van der Waals surface area contributed by atoms with Gasteiger partial charge in [-0.1, -0.05) is 0 Å². The summed E-state index contributed by atoms with van der Waals surface area (Å²) in [6.07, 6.45) is 0. The zero-order valence-corrected chi connectivity index (χ0v) is 16.2. The summed E-state index contributed by atoms with van der Waals surface area (Å²) in [4.78, 5) is 0. The van der Waals surface area contributed by atoms with E-state index in [0.29, 0.717) is 5.92 Å². The summed E-state index contributed by atoms with van der Waals surface area (Å²) in [6, 6.07) is 21.7. The third-order valence-corrected chi connectivity index (χ3v) is 9.70. The second-order valence-electron chi connectivity index (χ2n) is 7.49. The molecule has 0 fully saturated rings. The minimum atomic E-state index is -2.33. The molecule has 0 heterocycles. The van der Waals surface area contributed by atoms with Gasteiger partial charge in [-0.05, 0) is 0 Å². The maximum absolute atomic E-state index is 6.86. The van der Waals surface area contributed by atoms with Crippen LogP contribution in [-0.2, 0) is 4.43 Å². The van der Waals surface area contributed by atoms with E-state index < -0.39 is 8.32 Å². The SMILES string of the molecule is [Li][CH2]C(C)CO[Si](c1ccccc1)(c1ccccc1)C(C)(C)C. The zero-order chi connectivity index (χ0) is 16.9. The second kappa shape index (κ2) is 7.86. The summed E-state index contributed by atoms with van der Waals surface area (Å²) in [5.41, 5.74) is 0. The molecular weight excluding hydrogens is 291 g/mol. The molecule has 1 nitrogen and oxygen atoms in total. The summed E-state index contributed by atoms with van der Waals surface area (Å²) < 4.78 is 6.86. The van der Waals surface area contributed by atoms with Crippen LogP contribution < -0.4 is 10.4 Å². The summed E-state index contributed by atoms with van der Waals surface area (Å²) in [6.45, 7) is 10.1.